The van der Waals surface area contributed by atoms with Crippen LogP contribution in [0.25, 0.3) is 0 Å². The van der Waals surface area contributed by atoms with Crippen LogP contribution in [0.15, 0.2) is 0 Å². The largest absolute Gasteiger partial charge is 0.465 e. The van der Waals surface area contributed by atoms with E-state index < -0.39 is 0 Å². The number of rotatable bonds is 8. The fraction of sp³-hybridized carbons (Fsp3) is 0.917. The first-order chi connectivity index (χ1) is 13.3. The molecule has 2 saturated carbocycles. The van der Waals surface area contributed by atoms with Crippen molar-refractivity contribution in [3.05, 3.63) is 0 Å². The quantitative estimate of drug-likeness (QED) is 0.500. The van der Waals surface area contributed by atoms with E-state index in [0.29, 0.717) is 42.8 Å². The average Bonchev–Trinajstić information content (AvgIpc) is 2.61. The average molecular weight is 395 g/mol. The third-order valence-electron chi connectivity index (χ3n) is 7.34. The van der Waals surface area contributed by atoms with Crippen LogP contribution in [-0.4, -0.2) is 25.2 Å². The summed E-state index contributed by atoms with van der Waals surface area (Å²) in [6.07, 6.45) is 8.62. The first kappa shape index (κ1) is 23.2. The van der Waals surface area contributed by atoms with Gasteiger partial charge in [0.15, 0.2) is 0 Å². The monoisotopic (exact) mass is 394 g/mol. The molecule has 0 aliphatic heterocycles. The zero-order valence-corrected chi connectivity index (χ0v) is 18.7. The van der Waals surface area contributed by atoms with Crippen LogP contribution in [0.4, 0.5) is 0 Å². The van der Waals surface area contributed by atoms with Gasteiger partial charge in [0.2, 0.25) is 0 Å². The van der Waals surface area contributed by atoms with E-state index in [4.69, 9.17) is 9.47 Å². The third kappa shape index (κ3) is 6.49. The molecule has 2 aliphatic carbocycles. The summed E-state index contributed by atoms with van der Waals surface area (Å²) in [4.78, 5) is 24.9. The van der Waals surface area contributed by atoms with Crippen LogP contribution >= 0.6 is 0 Å². The molecule has 4 atom stereocenters. The molecule has 2 aliphatic rings. The summed E-state index contributed by atoms with van der Waals surface area (Å²) in [5.74, 6) is 2.18. The second-order valence-electron chi connectivity index (χ2n) is 9.84. The van der Waals surface area contributed by atoms with Gasteiger partial charge in [-0.1, -0.05) is 47.5 Å². The Balaban J connectivity index is 1.62. The standard InChI is InChI=1S/C24H42O4/c1-16(12-14-27-23(25)21-17(2)8-6-9-18(21)3)13-15-28-24(26)22-19(4)10-7-11-20(22)5/h16-22H,6-15H2,1-5H3. The summed E-state index contributed by atoms with van der Waals surface area (Å²) < 4.78 is 11.2. The van der Waals surface area contributed by atoms with Gasteiger partial charge in [0.1, 0.15) is 0 Å². The topological polar surface area (TPSA) is 52.6 Å². The zero-order valence-electron chi connectivity index (χ0n) is 18.7. The molecule has 0 aromatic heterocycles. The van der Waals surface area contributed by atoms with Crippen molar-refractivity contribution in [2.24, 2.45) is 41.4 Å². The van der Waals surface area contributed by atoms with Crippen LogP contribution in [-0.2, 0) is 19.1 Å². The van der Waals surface area contributed by atoms with Gasteiger partial charge in [0, 0.05) is 0 Å². The smallest absolute Gasteiger partial charge is 0.309 e. The predicted molar refractivity (Wildman–Crippen MR) is 112 cm³/mol. The van der Waals surface area contributed by atoms with E-state index in [0.717, 1.165) is 38.5 Å². The molecule has 2 fully saturated rings. The fourth-order valence-corrected chi connectivity index (χ4v) is 5.35. The molecular formula is C24H42O4. The first-order valence-electron chi connectivity index (χ1n) is 11.6. The van der Waals surface area contributed by atoms with E-state index in [1.807, 2.05) is 0 Å². The van der Waals surface area contributed by atoms with Crippen molar-refractivity contribution in [1.82, 2.24) is 0 Å². The molecule has 4 heteroatoms. The lowest BCUT2D eigenvalue weighted by Gasteiger charge is -2.32. The number of carbonyl (C=O) groups excluding carboxylic acids is 2. The van der Waals surface area contributed by atoms with Gasteiger partial charge < -0.3 is 9.47 Å². The molecule has 2 rings (SSSR count). The highest BCUT2D eigenvalue weighted by Crippen LogP contribution is 2.36. The Hall–Kier alpha value is -1.06. The third-order valence-corrected chi connectivity index (χ3v) is 7.34. The molecule has 28 heavy (non-hydrogen) atoms. The summed E-state index contributed by atoms with van der Waals surface area (Å²) in [5, 5.41) is 0. The minimum absolute atomic E-state index is 0.0152. The van der Waals surface area contributed by atoms with E-state index in [1.165, 1.54) is 12.8 Å². The van der Waals surface area contributed by atoms with Gasteiger partial charge in [-0.2, -0.15) is 0 Å². The lowest BCUT2D eigenvalue weighted by Crippen LogP contribution is -2.33. The Bertz CT molecular complexity index is 439. The maximum absolute atomic E-state index is 12.4. The zero-order chi connectivity index (χ0) is 20.7. The summed E-state index contributed by atoms with van der Waals surface area (Å²) in [5.41, 5.74) is 0. The van der Waals surface area contributed by atoms with E-state index in [1.54, 1.807) is 0 Å². The Labute approximate surface area is 172 Å². The van der Waals surface area contributed by atoms with Gasteiger partial charge in [-0.05, 0) is 68.1 Å². The molecule has 0 aromatic rings. The molecule has 4 unspecified atom stereocenters. The van der Waals surface area contributed by atoms with Crippen molar-refractivity contribution in [3.8, 4) is 0 Å². The van der Waals surface area contributed by atoms with Gasteiger partial charge >= 0.3 is 11.9 Å². The molecule has 0 radical (unpaired) electrons. The van der Waals surface area contributed by atoms with E-state index in [2.05, 4.69) is 34.6 Å². The first-order valence-corrected chi connectivity index (χ1v) is 11.6. The van der Waals surface area contributed by atoms with Crippen molar-refractivity contribution in [3.63, 3.8) is 0 Å². The minimum atomic E-state index is -0.0152. The Morgan fingerprint density at radius 3 is 1.36 bits per heavy atom. The Morgan fingerprint density at radius 2 is 1.04 bits per heavy atom. The number of hydrogen-bond donors (Lipinski definition) is 0. The molecule has 0 aromatic carbocycles. The Morgan fingerprint density at radius 1 is 0.714 bits per heavy atom. The highest BCUT2D eigenvalue weighted by molar-refractivity contribution is 5.73. The van der Waals surface area contributed by atoms with E-state index >= 15 is 0 Å². The maximum Gasteiger partial charge on any atom is 0.309 e. The lowest BCUT2D eigenvalue weighted by atomic mass is 9.74. The van der Waals surface area contributed by atoms with Gasteiger partial charge in [0.25, 0.3) is 0 Å². The van der Waals surface area contributed by atoms with Gasteiger partial charge in [-0.15, -0.1) is 0 Å². The van der Waals surface area contributed by atoms with Crippen LogP contribution in [0, 0.1) is 41.4 Å². The van der Waals surface area contributed by atoms with Crippen LogP contribution in [0.2, 0.25) is 0 Å². The molecule has 0 N–H and O–H groups in total. The highest BCUT2D eigenvalue weighted by Gasteiger charge is 2.35. The number of carbonyl (C=O) groups is 2. The summed E-state index contributed by atoms with van der Waals surface area (Å²) in [6.45, 7) is 11.8. The molecule has 162 valence electrons. The van der Waals surface area contributed by atoms with Crippen LogP contribution in [0.3, 0.4) is 0 Å². The molecule has 0 bridgehead atoms. The second-order valence-corrected chi connectivity index (χ2v) is 9.84. The fourth-order valence-electron chi connectivity index (χ4n) is 5.35. The highest BCUT2D eigenvalue weighted by atomic mass is 16.5. The van der Waals surface area contributed by atoms with Crippen molar-refractivity contribution in [2.45, 2.75) is 86.0 Å². The van der Waals surface area contributed by atoms with Crippen molar-refractivity contribution >= 4 is 11.9 Å². The number of ether oxygens (including phenoxy) is 2. The molecule has 4 nitrogen and oxygen atoms in total. The molecular weight excluding hydrogens is 352 g/mol. The summed E-state index contributed by atoms with van der Waals surface area (Å²) in [6, 6.07) is 0. The molecule has 0 amide bonds. The molecule has 0 spiro atoms. The molecule has 0 heterocycles. The number of esters is 2. The van der Waals surface area contributed by atoms with Crippen molar-refractivity contribution in [2.75, 3.05) is 13.2 Å². The van der Waals surface area contributed by atoms with Gasteiger partial charge in [-0.25, -0.2) is 0 Å². The van der Waals surface area contributed by atoms with E-state index in [-0.39, 0.29) is 23.8 Å². The SMILES string of the molecule is CC(CCOC(=O)C1C(C)CCCC1C)CCOC(=O)C1C(C)CCCC1C. The van der Waals surface area contributed by atoms with Crippen LogP contribution in [0.5, 0.6) is 0 Å². The lowest BCUT2D eigenvalue weighted by molar-refractivity contribution is -0.154. The van der Waals surface area contributed by atoms with Crippen LogP contribution < -0.4 is 0 Å². The number of hydrogen-bond acceptors (Lipinski definition) is 4. The summed E-state index contributed by atoms with van der Waals surface area (Å²) in [7, 11) is 0. The van der Waals surface area contributed by atoms with Crippen molar-refractivity contribution in [1.29, 1.82) is 0 Å². The predicted octanol–water partition coefficient (Wildman–Crippen LogP) is 5.63. The van der Waals surface area contributed by atoms with Crippen molar-refractivity contribution < 1.29 is 19.1 Å². The summed E-state index contributed by atoms with van der Waals surface area (Å²) >= 11 is 0. The van der Waals surface area contributed by atoms with E-state index in [9.17, 15) is 9.59 Å². The Kier molecular flexibility index (Phi) is 9.30. The second kappa shape index (κ2) is 11.2. The normalized spacial score (nSPS) is 34.5. The molecule has 0 saturated heterocycles. The van der Waals surface area contributed by atoms with Gasteiger partial charge in [-0.3, -0.25) is 9.59 Å². The van der Waals surface area contributed by atoms with Gasteiger partial charge in [0.05, 0.1) is 25.0 Å². The maximum atomic E-state index is 12.4. The van der Waals surface area contributed by atoms with Crippen LogP contribution in [0.1, 0.15) is 86.0 Å². The minimum Gasteiger partial charge on any atom is -0.465 e.